The van der Waals surface area contributed by atoms with Gasteiger partial charge in [0, 0.05) is 38.4 Å². The number of rotatable bonds is 2. The maximum atomic E-state index is 12.6. The van der Waals surface area contributed by atoms with Crippen LogP contribution in [0.1, 0.15) is 37.7 Å². The lowest BCUT2D eigenvalue weighted by atomic mass is 9.91. The molecule has 0 radical (unpaired) electrons. The molecule has 7 heteroatoms. The minimum Gasteiger partial charge on any atom is -0.391 e. The minimum atomic E-state index is -4.35. The van der Waals surface area contributed by atoms with Crippen LogP contribution in [0.5, 0.6) is 0 Å². The Morgan fingerprint density at radius 1 is 1.00 bits per heavy atom. The predicted octanol–water partition coefficient (Wildman–Crippen LogP) is 2.92. The summed E-state index contributed by atoms with van der Waals surface area (Å²) in [5, 5.41) is 10.2. The molecule has 1 aliphatic heterocycles. The molecule has 0 aromatic carbocycles. The molecule has 4 nitrogen and oxygen atoms in total. The number of pyridine rings is 1. The van der Waals surface area contributed by atoms with Crippen LogP contribution in [0, 0.1) is 0 Å². The summed E-state index contributed by atoms with van der Waals surface area (Å²) in [6.07, 6.45) is 1.36. The third-order valence-corrected chi connectivity index (χ3v) is 5.09. The number of hydrogen-bond acceptors (Lipinski definition) is 4. The van der Waals surface area contributed by atoms with Gasteiger partial charge in [0.05, 0.1) is 11.7 Å². The Morgan fingerprint density at radius 2 is 1.79 bits per heavy atom. The van der Waals surface area contributed by atoms with E-state index in [1.54, 1.807) is 0 Å². The molecule has 1 saturated carbocycles. The van der Waals surface area contributed by atoms with E-state index < -0.39 is 11.7 Å². The summed E-state index contributed by atoms with van der Waals surface area (Å²) in [5.41, 5.74) is -0.715. The van der Waals surface area contributed by atoms with Gasteiger partial charge in [0.1, 0.15) is 5.82 Å². The van der Waals surface area contributed by atoms with E-state index >= 15 is 0 Å². The van der Waals surface area contributed by atoms with Gasteiger partial charge in [-0.15, -0.1) is 0 Å². The molecule has 2 atom stereocenters. The number of alkyl halides is 3. The normalized spacial score (nSPS) is 27.1. The van der Waals surface area contributed by atoms with Gasteiger partial charge in [-0.25, -0.2) is 4.98 Å². The van der Waals surface area contributed by atoms with Gasteiger partial charge >= 0.3 is 6.18 Å². The van der Waals surface area contributed by atoms with Crippen molar-refractivity contribution in [3.8, 4) is 0 Å². The molecular formula is C17H24F3N3O. The van der Waals surface area contributed by atoms with Gasteiger partial charge in [0.2, 0.25) is 0 Å². The summed E-state index contributed by atoms with van der Waals surface area (Å²) in [7, 11) is 0. The lowest BCUT2D eigenvalue weighted by molar-refractivity contribution is -0.137. The molecule has 2 aliphatic rings. The second-order valence-corrected chi connectivity index (χ2v) is 6.70. The second kappa shape index (κ2) is 7.27. The van der Waals surface area contributed by atoms with Crippen molar-refractivity contribution in [2.24, 2.45) is 0 Å². The van der Waals surface area contributed by atoms with Crippen molar-refractivity contribution < 1.29 is 18.3 Å². The molecule has 2 fully saturated rings. The number of aliphatic hydroxyl groups excluding tert-OH is 1. The molecule has 1 aromatic rings. The molecule has 2 heterocycles. The van der Waals surface area contributed by atoms with Crippen LogP contribution in [-0.2, 0) is 6.18 Å². The average molecular weight is 343 g/mol. The first kappa shape index (κ1) is 17.5. The van der Waals surface area contributed by atoms with Crippen molar-refractivity contribution in [1.82, 2.24) is 9.88 Å². The van der Waals surface area contributed by atoms with Crippen molar-refractivity contribution in [3.63, 3.8) is 0 Å². The first-order valence-electron chi connectivity index (χ1n) is 8.65. The van der Waals surface area contributed by atoms with Gasteiger partial charge in [-0.2, -0.15) is 13.2 Å². The third-order valence-electron chi connectivity index (χ3n) is 5.09. The molecule has 1 aromatic heterocycles. The van der Waals surface area contributed by atoms with Crippen LogP contribution < -0.4 is 4.90 Å². The third kappa shape index (κ3) is 4.00. The van der Waals surface area contributed by atoms with Gasteiger partial charge in [-0.3, -0.25) is 4.90 Å². The Kier molecular flexibility index (Phi) is 5.30. The Bertz CT molecular complexity index is 535. The number of halogens is 3. The van der Waals surface area contributed by atoms with E-state index in [0.717, 1.165) is 70.5 Å². The van der Waals surface area contributed by atoms with Gasteiger partial charge in [0.25, 0.3) is 0 Å². The maximum Gasteiger partial charge on any atom is 0.417 e. The van der Waals surface area contributed by atoms with E-state index in [4.69, 9.17) is 0 Å². The second-order valence-electron chi connectivity index (χ2n) is 6.70. The van der Waals surface area contributed by atoms with Crippen LogP contribution in [0.3, 0.4) is 0 Å². The summed E-state index contributed by atoms with van der Waals surface area (Å²) in [6.45, 7) is 3.22. The average Bonchev–Trinajstić information content (AvgIpc) is 2.81. The minimum absolute atomic E-state index is 0.222. The highest BCUT2D eigenvalue weighted by atomic mass is 19.4. The van der Waals surface area contributed by atoms with Crippen LogP contribution in [0.2, 0.25) is 0 Å². The maximum absolute atomic E-state index is 12.6. The van der Waals surface area contributed by atoms with E-state index in [0.29, 0.717) is 5.82 Å². The summed E-state index contributed by atoms with van der Waals surface area (Å²) >= 11 is 0. The van der Waals surface area contributed by atoms with Gasteiger partial charge in [-0.1, -0.05) is 12.8 Å². The molecule has 1 aliphatic carbocycles. The fourth-order valence-electron chi connectivity index (χ4n) is 3.76. The van der Waals surface area contributed by atoms with Gasteiger partial charge in [0.15, 0.2) is 0 Å². The highest BCUT2D eigenvalue weighted by Crippen LogP contribution is 2.30. The number of hydrogen-bond donors (Lipinski definition) is 1. The van der Waals surface area contributed by atoms with Crippen molar-refractivity contribution in [2.75, 3.05) is 31.1 Å². The highest BCUT2D eigenvalue weighted by molar-refractivity contribution is 5.40. The quantitative estimate of drug-likeness (QED) is 0.896. The van der Waals surface area contributed by atoms with E-state index in [1.807, 2.05) is 4.90 Å². The summed E-state index contributed by atoms with van der Waals surface area (Å²) < 4.78 is 37.9. The fourth-order valence-corrected chi connectivity index (χ4v) is 3.76. The molecular weight excluding hydrogens is 319 g/mol. The van der Waals surface area contributed by atoms with Crippen LogP contribution in [0.25, 0.3) is 0 Å². The highest BCUT2D eigenvalue weighted by Gasteiger charge is 2.32. The van der Waals surface area contributed by atoms with Crippen molar-refractivity contribution in [1.29, 1.82) is 0 Å². The zero-order valence-corrected chi connectivity index (χ0v) is 13.7. The monoisotopic (exact) mass is 343 g/mol. The van der Waals surface area contributed by atoms with Gasteiger partial charge < -0.3 is 10.0 Å². The Morgan fingerprint density at radius 3 is 2.46 bits per heavy atom. The largest absolute Gasteiger partial charge is 0.417 e. The number of nitrogens with zero attached hydrogens (tertiary/aromatic N) is 3. The predicted molar refractivity (Wildman–Crippen MR) is 85.9 cm³/mol. The number of anilines is 1. The fraction of sp³-hybridized carbons (Fsp3) is 0.706. The lowest BCUT2D eigenvalue weighted by Gasteiger charge is -2.37. The van der Waals surface area contributed by atoms with E-state index in [1.165, 1.54) is 6.07 Å². The SMILES string of the molecule is OC1CCCCC1N1CCCN(c2ccc(C(F)(F)F)cn2)CC1. The van der Waals surface area contributed by atoms with E-state index in [2.05, 4.69) is 9.88 Å². The van der Waals surface area contributed by atoms with Gasteiger partial charge in [-0.05, 0) is 31.4 Å². The van der Waals surface area contributed by atoms with Crippen molar-refractivity contribution in [3.05, 3.63) is 23.9 Å². The molecule has 0 spiro atoms. The standard InChI is InChI=1S/C17H24F3N3O/c18-17(19,20)13-6-7-16(21-12-13)23-9-3-8-22(10-11-23)14-4-1-2-5-15(14)24/h6-7,12,14-15,24H,1-5,8-11H2. The van der Waals surface area contributed by atoms with E-state index in [-0.39, 0.29) is 12.1 Å². The summed E-state index contributed by atoms with van der Waals surface area (Å²) in [5.74, 6) is 0.592. The smallest absolute Gasteiger partial charge is 0.391 e. The number of aliphatic hydroxyl groups is 1. The molecule has 0 bridgehead atoms. The van der Waals surface area contributed by atoms with Crippen LogP contribution in [0.15, 0.2) is 18.3 Å². The summed E-state index contributed by atoms with van der Waals surface area (Å²) in [6, 6.07) is 2.77. The summed E-state index contributed by atoms with van der Waals surface area (Å²) in [4.78, 5) is 8.38. The Balaban J connectivity index is 1.63. The molecule has 24 heavy (non-hydrogen) atoms. The molecule has 134 valence electrons. The number of aromatic nitrogens is 1. The zero-order valence-electron chi connectivity index (χ0n) is 13.7. The molecule has 2 unspecified atom stereocenters. The molecule has 3 rings (SSSR count). The van der Waals surface area contributed by atoms with Crippen LogP contribution >= 0.6 is 0 Å². The van der Waals surface area contributed by atoms with Crippen molar-refractivity contribution >= 4 is 5.82 Å². The van der Waals surface area contributed by atoms with Crippen molar-refractivity contribution in [2.45, 2.75) is 50.4 Å². The first-order chi connectivity index (χ1) is 11.4. The molecule has 1 N–H and O–H groups in total. The first-order valence-corrected chi connectivity index (χ1v) is 8.65. The molecule has 0 amide bonds. The lowest BCUT2D eigenvalue weighted by Crippen LogP contribution is -2.47. The zero-order chi connectivity index (χ0) is 17.2. The molecule has 1 saturated heterocycles. The Hall–Kier alpha value is -1.34. The van der Waals surface area contributed by atoms with Crippen LogP contribution in [-0.4, -0.2) is 53.3 Å². The van der Waals surface area contributed by atoms with E-state index in [9.17, 15) is 18.3 Å². The Labute approximate surface area is 140 Å². The topological polar surface area (TPSA) is 39.6 Å². The van der Waals surface area contributed by atoms with Crippen LogP contribution in [0.4, 0.5) is 19.0 Å².